The molecule has 0 aliphatic carbocycles. The SMILES string of the molecule is CC(C)c1nc2c(N)cccc2n1Cc1ccccc1F. The van der Waals surface area contributed by atoms with Crippen LogP contribution >= 0.6 is 0 Å². The Balaban J connectivity index is 2.19. The molecule has 0 fully saturated rings. The molecule has 0 amide bonds. The van der Waals surface area contributed by atoms with Crippen molar-refractivity contribution < 1.29 is 4.39 Å². The van der Waals surface area contributed by atoms with Gasteiger partial charge in [-0.3, -0.25) is 0 Å². The van der Waals surface area contributed by atoms with Crippen LogP contribution in [0.5, 0.6) is 0 Å². The predicted molar refractivity (Wildman–Crippen MR) is 83.7 cm³/mol. The van der Waals surface area contributed by atoms with Gasteiger partial charge in [0.05, 0.1) is 17.7 Å². The highest BCUT2D eigenvalue weighted by atomic mass is 19.1. The highest BCUT2D eigenvalue weighted by Gasteiger charge is 2.16. The number of nitrogens with two attached hydrogens (primary N) is 1. The molecule has 1 aromatic heterocycles. The van der Waals surface area contributed by atoms with Crippen LogP contribution < -0.4 is 5.73 Å². The Morgan fingerprint density at radius 1 is 1.14 bits per heavy atom. The summed E-state index contributed by atoms with van der Waals surface area (Å²) in [6.07, 6.45) is 0. The number of hydrogen-bond acceptors (Lipinski definition) is 2. The summed E-state index contributed by atoms with van der Waals surface area (Å²) in [5.41, 5.74) is 9.06. The average Bonchev–Trinajstić information content (AvgIpc) is 2.82. The first-order chi connectivity index (χ1) is 10.1. The summed E-state index contributed by atoms with van der Waals surface area (Å²) < 4.78 is 16.0. The maximum Gasteiger partial charge on any atom is 0.128 e. The first kappa shape index (κ1) is 13.6. The first-order valence-corrected chi connectivity index (χ1v) is 7.06. The Hall–Kier alpha value is -2.36. The molecule has 0 aliphatic rings. The molecule has 2 N–H and O–H groups in total. The Kier molecular flexibility index (Phi) is 3.37. The molecule has 3 nitrogen and oxygen atoms in total. The summed E-state index contributed by atoms with van der Waals surface area (Å²) in [6.45, 7) is 4.62. The zero-order chi connectivity index (χ0) is 15.0. The summed E-state index contributed by atoms with van der Waals surface area (Å²) in [7, 11) is 0. The first-order valence-electron chi connectivity index (χ1n) is 7.06. The minimum absolute atomic E-state index is 0.196. The van der Waals surface area contributed by atoms with Gasteiger partial charge in [0.15, 0.2) is 0 Å². The van der Waals surface area contributed by atoms with E-state index in [1.807, 2.05) is 24.3 Å². The van der Waals surface area contributed by atoms with Crippen molar-refractivity contribution >= 4 is 16.7 Å². The second-order valence-electron chi connectivity index (χ2n) is 5.52. The van der Waals surface area contributed by atoms with Crippen LogP contribution in [-0.2, 0) is 6.54 Å². The number of hydrogen-bond donors (Lipinski definition) is 1. The van der Waals surface area contributed by atoms with E-state index in [1.165, 1.54) is 6.07 Å². The second kappa shape index (κ2) is 5.20. The molecule has 0 saturated carbocycles. The molecular formula is C17H18FN3. The normalized spacial score (nSPS) is 11.4. The summed E-state index contributed by atoms with van der Waals surface area (Å²) in [6, 6.07) is 12.6. The number of rotatable bonds is 3. The maximum absolute atomic E-state index is 13.9. The van der Waals surface area contributed by atoms with Crippen molar-refractivity contribution in [2.75, 3.05) is 5.73 Å². The lowest BCUT2D eigenvalue weighted by atomic mass is 10.1. The Bertz CT molecular complexity index is 790. The van der Waals surface area contributed by atoms with Crippen LogP contribution in [0.1, 0.15) is 31.2 Å². The molecule has 0 aliphatic heterocycles. The number of halogens is 1. The van der Waals surface area contributed by atoms with E-state index in [9.17, 15) is 4.39 Å². The lowest BCUT2D eigenvalue weighted by Crippen LogP contribution is -2.07. The third-order valence-electron chi connectivity index (χ3n) is 3.64. The van der Waals surface area contributed by atoms with E-state index in [1.54, 1.807) is 12.1 Å². The quantitative estimate of drug-likeness (QED) is 0.740. The van der Waals surface area contributed by atoms with Crippen LogP contribution in [0.4, 0.5) is 10.1 Å². The van der Waals surface area contributed by atoms with Gasteiger partial charge in [0.2, 0.25) is 0 Å². The number of imidazole rings is 1. The van der Waals surface area contributed by atoms with Crippen molar-refractivity contribution in [3.63, 3.8) is 0 Å². The van der Waals surface area contributed by atoms with Crippen LogP contribution in [0.15, 0.2) is 42.5 Å². The third-order valence-corrected chi connectivity index (χ3v) is 3.64. The van der Waals surface area contributed by atoms with E-state index in [0.717, 1.165) is 16.9 Å². The van der Waals surface area contributed by atoms with Gasteiger partial charge >= 0.3 is 0 Å². The van der Waals surface area contributed by atoms with E-state index >= 15 is 0 Å². The molecular weight excluding hydrogens is 265 g/mol. The van der Waals surface area contributed by atoms with Crippen molar-refractivity contribution in [1.29, 1.82) is 0 Å². The van der Waals surface area contributed by atoms with Crippen LogP contribution in [0.2, 0.25) is 0 Å². The topological polar surface area (TPSA) is 43.8 Å². The molecule has 0 atom stereocenters. The number of nitrogens with zero attached hydrogens (tertiary/aromatic N) is 2. The third kappa shape index (κ3) is 2.37. The molecule has 1 heterocycles. The smallest absolute Gasteiger partial charge is 0.128 e. The van der Waals surface area contributed by atoms with Gasteiger partial charge in [-0.1, -0.05) is 38.1 Å². The van der Waals surface area contributed by atoms with Gasteiger partial charge in [-0.25, -0.2) is 9.37 Å². The van der Waals surface area contributed by atoms with Gasteiger partial charge in [-0.2, -0.15) is 0 Å². The summed E-state index contributed by atoms with van der Waals surface area (Å²) in [4.78, 5) is 4.65. The summed E-state index contributed by atoms with van der Waals surface area (Å²) in [5, 5.41) is 0. The standard InChI is InChI=1S/C17H18FN3/c1-11(2)17-20-16-14(19)8-5-9-15(16)21(17)10-12-6-3-4-7-13(12)18/h3-9,11H,10,19H2,1-2H3. The molecule has 108 valence electrons. The van der Waals surface area contributed by atoms with Crippen LogP contribution in [0, 0.1) is 5.82 Å². The Labute approximate surface area is 123 Å². The fraction of sp³-hybridized carbons (Fsp3) is 0.235. The number of benzene rings is 2. The number of anilines is 1. The average molecular weight is 283 g/mol. The molecule has 3 aromatic rings. The molecule has 0 bridgehead atoms. The van der Waals surface area contributed by atoms with Crippen LogP contribution in [-0.4, -0.2) is 9.55 Å². The Morgan fingerprint density at radius 2 is 1.90 bits per heavy atom. The zero-order valence-electron chi connectivity index (χ0n) is 12.2. The minimum atomic E-state index is -0.196. The van der Waals surface area contributed by atoms with Crippen molar-refractivity contribution in [2.45, 2.75) is 26.3 Å². The van der Waals surface area contributed by atoms with Crippen LogP contribution in [0.3, 0.4) is 0 Å². The maximum atomic E-state index is 13.9. The van der Waals surface area contributed by atoms with E-state index in [-0.39, 0.29) is 11.7 Å². The number of fused-ring (bicyclic) bond motifs is 1. The number of para-hydroxylation sites is 1. The van der Waals surface area contributed by atoms with Gasteiger partial charge in [-0.15, -0.1) is 0 Å². The molecule has 3 rings (SSSR count). The highest BCUT2D eigenvalue weighted by molar-refractivity contribution is 5.87. The fourth-order valence-corrected chi connectivity index (χ4v) is 2.59. The largest absolute Gasteiger partial charge is 0.397 e. The molecule has 0 unspecified atom stereocenters. The van der Waals surface area contributed by atoms with Crippen molar-refractivity contribution in [2.24, 2.45) is 0 Å². The van der Waals surface area contributed by atoms with Crippen LogP contribution in [0.25, 0.3) is 11.0 Å². The summed E-state index contributed by atoms with van der Waals surface area (Å²) >= 11 is 0. The molecule has 0 saturated heterocycles. The van der Waals surface area contributed by atoms with Gasteiger partial charge in [0.1, 0.15) is 17.2 Å². The summed E-state index contributed by atoms with van der Waals surface area (Å²) in [5.74, 6) is 0.965. The second-order valence-corrected chi connectivity index (χ2v) is 5.52. The number of aromatic nitrogens is 2. The van der Waals surface area contributed by atoms with E-state index in [4.69, 9.17) is 5.73 Å². The monoisotopic (exact) mass is 283 g/mol. The Morgan fingerprint density at radius 3 is 2.62 bits per heavy atom. The number of nitrogen functional groups attached to an aromatic ring is 1. The zero-order valence-corrected chi connectivity index (χ0v) is 12.2. The fourth-order valence-electron chi connectivity index (χ4n) is 2.59. The predicted octanol–water partition coefficient (Wildman–Crippen LogP) is 3.93. The lowest BCUT2D eigenvalue weighted by molar-refractivity contribution is 0.592. The molecule has 0 radical (unpaired) electrons. The van der Waals surface area contributed by atoms with Crippen molar-refractivity contribution in [3.8, 4) is 0 Å². The molecule has 0 spiro atoms. The highest BCUT2D eigenvalue weighted by Crippen LogP contribution is 2.27. The van der Waals surface area contributed by atoms with Gasteiger partial charge in [0, 0.05) is 11.5 Å². The van der Waals surface area contributed by atoms with E-state index in [0.29, 0.717) is 17.8 Å². The van der Waals surface area contributed by atoms with Gasteiger partial charge < -0.3 is 10.3 Å². The lowest BCUT2D eigenvalue weighted by Gasteiger charge is -2.12. The molecule has 21 heavy (non-hydrogen) atoms. The minimum Gasteiger partial charge on any atom is -0.397 e. The van der Waals surface area contributed by atoms with Gasteiger partial charge in [0.25, 0.3) is 0 Å². The van der Waals surface area contributed by atoms with E-state index in [2.05, 4.69) is 23.4 Å². The van der Waals surface area contributed by atoms with Crippen molar-refractivity contribution in [3.05, 3.63) is 59.7 Å². The molecule has 4 heteroatoms. The van der Waals surface area contributed by atoms with Gasteiger partial charge in [-0.05, 0) is 18.2 Å². The van der Waals surface area contributed by atoms with Crippen molar-refractivity contribution in [1.82, 2.24) is 9.55 Å². The molecule has 2 aromatic carbocycles. The van der Waals surface area contributed by atoms with E-state index < -0.39 is 0 Å².